The second-order valence-corrected chi connectivity index (χ2v) is 7.88. The van der Waals surface area contributed by atoms with Crippen LogP contribution in [-0.2, 0) is 16.0 Å². The third-order valence-electron chi connectivity index (χ3n) is 3.65. The Kier molecular flexibility index (Phi) is 8.84. The van der Waals surface area contributed by atoms with Crippen molar-refractivity contribution in [1.29, 1.82) is 0 Å². The molecule has 0 aliphatic heterocycles. The van der Waals surface area contributed by atoms with E-state index in [1.165, 1.54) is 18.6 Å². The molecule has 0 bridgehead atoms. The van der Waals surface area contributed by atoms with Gasteiger partial charge in [0, 0.05) is 11.4 Å². The van der Waals surface area contributed by atoms with Crippen molar-refractivity contribution in [2.75, 3.05) is 0 Å². The van der Waals surface area contributed by atoms with E-state index < -0.39 is 17.9 Å². The molecule has 0 saturated heterocycles. The Hall–Kier alpha value is -2.19. The van der Waals surface area contributed by atoms with Crippen molar-refractivity contribution in [3.05, 3.63) is 61.0 Å². The summed E-state index contributed by atoms with van der Waals surface area (Å²) in [5.74, 6) is -2.48. The van der Waals surface area contributed by atoms with E-state index in [1.54, 1.807) is 6.07 Å². The third kappa shape index (κ3) is 7.09. The number of halogens is 2. The van der Waals surface area contributed by atoms with Crippen molar-refractivity contribution in [3.8, 4) is 5.75 Å². The van der Waals surface area contributed by atoms with Gasteiger partial charge in [-0.2, -0.15) is 0 Å². The van der Waals surface area contributed by atoms with Gasteiger partial charge in [0.15, 0.2) is 5.75 Å². The molecule has 0 heterocycles. The molecule has 2 rings (SSSR count). The third-order valence-corrected chi connectivity index (χ3v) is 4.70. The van der Waals surface area contributed by atoms with Crippen molar-refractivity contribution in [2.45, 2.75) is 34.1 Å². The van der Waals surface area contributed by atoms with E-state index in [0.29, 0.717) is 8.95 Å². The summed E-state index contributed by atoms with van der Waals surface area (Å²) in [6.45, 7) is 7.14. The number of ether oxygens (including phenoxy) is 1. The van der Waals surface area contributed by atoms with Gasteiger partial charge in [-0.05, 0) is 65.5 Å². The number of benzene rings is 2. The average Bonchev–Trinajstić information content (AvgIpc) is 2.53. The highest BCUT2D eigenvalue weighted by molar-refractivity contribution is 9.11. The topological polar surface area (TPSA) is 101 Å². The van der Waals surface area contributed by atoms with E-state index in [2.05, 4.69) is 31.9 Å². The first-order valence-corrected chi connectivity index (χ1v) is 9.70. The van der Waals surface area contributed by atoms with E-state index in [1.807, 2.05) is 32.9 Å². The fourth-order valence-electron chi connectivity index (χ4n) is 2.61. The first-order valence-electron chi connectivity index (χ1n) is 8.11. The molecule has 8 heteroatoms. The summed E-state index contributed by atoms with van der Waals surface area (Å²) < 4.78 is 5.80. The maximum absolute atomic E-state index is 10.9. The van der Waals surface area contributed by atoms with Crippen molar-refractivity contribution < 1.29 is 29.3 Å². The van der Waals surface area contributed by atoms with Crippen molar-refractivity contribution >= 4 is 49.8 Å². The maximum Gasteiger partial charge on any atom is 0.339 e. The van der Waals surface area contributed by atoms with Crippen LogP contribution < -0.4 is 4.74 Å². The number of carbonyl (C=O) groups is 3. The molecule has 2 aromatic rings. The second kappa shape index (κ2) is 10.4. The van der Waals surface area contributed by atoms with Gasteiger partial charge in [0.1, 0.15) is 5.56 Å². The van der Waals surface area contributed by atoms with Crippen LogP contribution in [0, 0.1) is 20.8 Å². The summed E-state index contributed by atoms with van der Waals surface area (Å²) in [5.41, 5.74) is 4.19. The Morgan fingerprint density at radius 2 is 1.50 bits per heavy atom. The molecule has 0 aliphatic rings. The minimum Gasteiger partial charge on any atom is -0.481 e. The number of aryl methyl sites for hydroxylation is 3. The number of carboxylic acid groups (broad SMARTS) is 2. The molecule has 0 fully saturated rings. The second-order valence-electron chi connectivity index (χ2n) is 6.11. The highest BCUT2D eigenvalue weighted by Gasteiger charge is 2.17. The van der Waals surface area contributed by atoms with Crippen LogP contribution >= 0.6 is 31.9 Å². The molecule has 0 atom stereocenters. The van der Waals surface area contributed by atoms with E-state index in [4.69, 9.17) is 14.9 Å². The lowest BCUT2D eigenvalue weighted by molar-refractivity contribution is -0.136. The highest BCUT2D eigenvalue weighted by Crippen LogP contribution is 2.33. The number of aromatic carboxylic acids is 1. The molecular weight excluding hydrogens is 496 g/mol. The fraction of sp³-hybridized carbons (Fsp3) is 0.250. The number of hydrogen-bond donors (Lipinski definition) is 2. The van der Waals surface area contributed by atoms with E-state index >= 15 is 0 Å². The van der Waals surface area contributed by atoms with Gasteiger partial charge in [-0.1, -0.05) is 33.6 Å². The van der Waals surface area contributed by atoms with Gasteiger partial charge in [0.25, 0.3) is 0 Å². The molecule has 0 amide bonds. The zero-order valence-electron chi connectivity index (χ0n) is 15.8. The molecule has 0 spiro atoms. The number of hydrogen-bond acceptors (Lipinski definition) is 4. The predicted molar refractivity (Wildman–Crippen MR) is 112 cm³/mol. The molecule has 0 unspecified atom stereocenters. The van der Waals surface area contributed by atoms with Gasteiger partial charge in [0.2, 0.25) is 0 Å². The lowest BCUT2D eigenvalue weighted by Gasteiger charge is -2.08. The van der Waals surface area contributed by atoms with Crippen molar-refractivity contribution in [2.24, 2.45) is 0 Å². The van der Waals surface area contributed by atoms with Gasteiger partial charge in [-0.25, -0.2) is 4.79 Å². The fourth-order valence-corrected chi connectivity index (χ4v) is 3.91. The summed E-state index contributed by atoms with van der Waals surface area (Å²) in [4.78, 5) is 32.2. The Balaban J connectivity index is 0.000000283. The van der Waals surface area contributed by atoms with Crippen LogP contribution in [0.1, 0.15) is 39.5 Å². The van der Waals surface area contributed by atoms with Crippen LogP contribution in [0.5, 0.6) is 5.75 Å². The van der Waals surface area contributed by atoms with Crippen molar-refractivity contribution in [3.63, 3.8) is 0 Å². The number of esters is 1. The molecule has 0 radical (unpaired) electrons. The Bertz CT molecular complexity index is 898. The van der Waals surface area contributed by atoms with Gasteiger partial charge in [-0.3, -0.25) is 9.59 Å². The number of rotatable bonds is 4. The zero-order chi connectivity index (χ0) is 21.6. The maximum atomic E-state index is 10.9. The van der Waals surface area contributed by atoms with Gasteiger partial charge in [-0.15, -0.1) is 0 Å². The lowest BCUT2D eigenvalue weighted by Crippen LogP contribution is -2.08. The smallest absolute Gasteiger partial charge is 0.339 e. The van der Waals surface area contributed by atoms with Gasteiger partial charge in [0.05, 0.1) is 10.9 Å². The van der Waals surface area contributed by atoms with E-state index in [-0.39, 0.29) is 17.7 Å². The first kappa shape index (κ1) is 23.8. The average molecular weight is 516 g/mol. The van der Waals surface area contributed by atoms with E-state index in [0.717, 1.165) is 16.7 Å². The molecule has 0 aliphatic carbocycles. The molecule has 2 N–H and O–H groups in total. The molecule has 0 saturated carbocycles. The quantitative estimate of drug-likeness (QED) is 0.435. The summed E-state index contributed by atoms with van der Waals surface area (Å²) in [5, 5.41) is 17.6. The zero-order valence-corrected chi connectivity index (χ0v) is 19.0. The molecular formula is C20H20Br2O6. The summed E-state index contributed by atoms with van der Waals surface area (Å²) in [7, 11) is 0. The van der Waals surface area contributed by atoms with Crippen LogP contribution in [0.3, 0.4) is 0 Å². The number of aliphatic carboxylic acids is 1. The number of carboxylic acids is 2. The van der Waals surface area contributed by atoms with Crippen molar-refractivity contribution in [1.82, 2.24) is 0 Å². The highest BCUT2D eigenvalue weighted by atomic mass is 79.9. The van der Waals surface area contributed by atoms with Crippen LogP contribution in [0.4, 0.5) is 0 Å². The monoisotopic (exact) mass is 514 g/mol. The Morgan fingerprint density at radius 3 is 1.93 bits per heavy atom. The molecule has 2 aromatic carbocycles. The number of carbonyl (C=O) groups excluding carboxylic acids is 1. The van der Waals surface area contributed by atoms with Gasteiger partial charge >= 0.3 is 17.9 Å². The minimum atomic E-state index is -1.16. The van der Waals surface area contributed by atoms with Crippen LogP contribution in [-0.4, -0.2) is 28.1 Å². The van der Waals surface area contributed by atoms with Crippen LogP contribution in [0.2, 0.25) is 0 Å². The van der Waals surface area contributed by atoms with E-state index in [9.17, 15) is 14.4 Å². The SMILES string of the molecule is CC(=O)Oc1c(Br)cc(Br)cc1C(=O)O.Cc1cc(C)c(CC(=O)O)c(C)c1. The minimum absolute atomic E-state index is 0.0122. The Morgan fingerprint density at radius 1 is 0.964 bits per heavy atom. The van der Waals surface area contributed by atoms with Crippen LogP contribution in [0.15, 0.2) is 33.2 Å². The molecule has 150 valence electrons. The standard InChI is InChI=1S/C11H14O2.C9H6Br2O4/c1-7-4-8(2)10(6-11(12)13)9(3)5-7;1-4(12)15-8-6(9(13)14)2-5(10)3-7(8)11/h4-5H,6H2,1-3H3,(H,12,13);2-3H,1H3,(H,13,14). The summed E-state index contributed by atoms with van der Waals surface area (Å²) in [6, 6.07) is 7.01. The van der Waals surface area contributed by atoms with Crippen LogP contribution in [0.25, 0.3) is 0 Å². The summed E-state index contributed by atoms with van der Waals surface area (Å²) >= 11 is 6.27. The Labute approximate surface area is 179 Å². The van der Waals surface area contributed by atoms with Gasteiger partial charge < -0.3 is 14.9 Å². The largest absolute Gasteiger partial charge is 0.481 e. The summed E-state index contributed by atoms with van der Waals surface area (Å²) in [6.07, 6.45) is 0.123. The first-order chi connectivity index (χ1) is 12.9. The normalized spacial score (nSPS) is 9.93. The molecule has 0 aromatic heterocycles. The lowest BCUT2D eigenvalue weighted by atomic mass is 9.97. The predicted octanol–water partition coefficient (Wildman–Crippen LogP) is 5.07. The molecule has 6 nitrogen and oxygen atoms in total. The molecule has 28 heavy (non-hydrogen) atoms.